The molecule has 0 bridgehead atoms. The molecule has 0 aliphatic heterocycles. The van der Waals surface area contributed by atoms with Crippen molar-refractivity contribution in [3.8, 4) is 0 Å². The molecule has 0 atom stereocenters. The molecule has 100 valence electrons. The lowest BCUT2D eigenvalue weighted by atomic mass is 10.1. The fraction of sp³-hybridized carbons (Fsp3) is 0.500. The molecule has 0 aromatic heterocycles. The zero-order valence-electron chi connectivity index (χ0n) is 10.8. The minimum Gasteiger partial charge on any atom is -0.355 e. The van der Waals surface area contributed by atoms with E-state index >= 15 is 0 Å². The molecule has 0 saturated carbocycles. The van der Waals surface area contributed by atoms with Gasteiger partial charge in [0.25, 0.3) is 0 Å². The number of nitrogens with one attached hydrogen (secondary N) is 2. The van der Waals surface area contributed by atoms with Gasteiger partial charge in [-0.3, -0.25) is 4.79 Å². The van der Waals surface area contributed by atoms with E-state index in [1.54, 1.807) is 0 Å². The standard InChI is InChI=1S/C14H21ClN2O/c1-2-3-9-16-11-14(18)17-10-8-12-4-6-13(15)7-5-12/h4-7,16H,2-3,8-11H2,1H3,(H,17,18). The number of hydrogen-bond acceptors (Lipinski definition) is 2. The quantitative estimate of drug-likeness (QED) is 0.711. The molecular formula is C14H21ClN2O. The fourth-order valence-corrected chi connectivity index (χ4v) is 1.69. The molecule has 0 heterocycles. The first-order valence-corrected chi connectivity index (χ1v) is 6.82. The number of hydrogen-bond donors (Lipinski definition) is 2. The first-order valence-electron chi connectivity index (χ1n) is 6.44. The molecular weight excluding hydrogens is 248 g/mol. The van der Waals surface area contributed by atoms with E-state index in [1.165, 1.54) is 5.56 Å². The molecule has 18 heavy (non-hydrogen) atoms. The molecule has 0 unspecified atom stereocenters. The second-order valence-electron chi connectivity index (χ2n) is 4.26. The summed E-state index contributed by atoms with van der Waals surface area (Å²) in [5.74, 6) is 0.0556. The van der Waals surface area contributed by atoms with E-state index < -0.39 is 0 Å². The van der Waals surface area contributed by atoms with Gasteiger partial charge >= 0.3 is 0 Å². The van der Waals surface area contributed by atoms with Crippen LogP contribution in [0.25, 0.3) is 0 Å². The molecule has 1 amide bonds. The SMILES string of the molecule is CCCCNCC(=O)NCCc1ccc(Cl)cc1. The molecule has 0 saturated heterocycles. The summed E-state index contributed by atoms with van der Waals surface area (Å²) in [6.45, 7) is 4.10. The van der Waals surface area contributed by atoms with Crippen molar-refractivity contribution >= 4 is 17.5 Å². The largest absolute Gasteiger partial charge is 0.355 e. The maximum Gasteiger partial charge on any atom is 0.233 e. The third-order valence-electron chi connectivity index (χ3n) is 2.64. The van der Waals surface area contributed by atoms with Crippen LogP contribution in [0, 0.1) is 0 Å². The highest BCUT2D eigenvalue weighted by molar-refractivity contribution is 6.30. The number of amides is 1. The van der Waals surface area contributed by atoms with Gasteiger partial charge in [0, 0.05) is 11.6 Å². The third kappa shape index (κ3) is 6.62. The molecule has 2 N–H and O–H groups in total. The lowest BCUT2D eigenvalue weighted by molar-refractivity contribution is -0.120. The highest BCUT2D eigenvalue weighted by Gasteiger charge is 1.99. The van der Waals surface area contributed by atoms with Crippen molar-refractivity contribution in [3.63, 3.8) is 0 Å². The number of unbranched alkanes of at least 4 members (excludes halogenated alkanes) is 1. The normalized spacial score (nSPS) is 10.3. The van der Waals surface area contributed by atoms with Crippen LogP contribution in [-0.4, -0.2) is 25.5 Å². The Bertz CT molecular complexity index is 351. The second kappa shape index (κ2) is 8.95. The minimum atomic E-state index is 0.0556. The molecule has 4 heteroatoms. The predicted molar refractivity (Wildman–Crippen MR) is 75.9 cm³/mol. The van der Waals surface area contributed by atoms with E-state index in [1.807, 2.05) is 24.3 Å². The Morgan fingerprint density at radius 1 is 1.22 bits per heavy atom. The molecule has 0 aliphatic rings. The van der Waals surface area contributed by atoms with Crippen LogP contribution in [0.3, 0.4) is 0 Å². The van der Waals surface area contributed by atoms with Gasteiger partial charge in [-0.05, 0) is 37.1 Å². The fourth-order valence-electron chi connectivity index (χ4n) is 1.56. The van der Waals surface area contributed by atoms with Crippen LogP contribution < -0.4 is 10.6 Å². The van der Waals surface area contributed by atoms with Gasteiger partial charge in [0.2, 0.25) is 5.91 Å². The molecule has 0 spiro atoms. The molecule has 1 aromatic carbocycles. The Balaban J connectivity index is 2.10. The van der Waals surface area contributed by atoms with Gasteiger partial charge in [-0.2, -0.15) is 0 Å². The molecule has 0 fully saturated rings. The van der Waals surface area contributed by atoms with Crippen LogP contribution in [0.4, 0.5) is 0 Å². The van der Waals surface area contributed by atoms with Crippen molar-refractivity contribution in [2.75, 3.05) is 19.6 Å². The van der Waals surface area contributed by atoms with Crippen molar-refractivity contribution in [1.29, 1.82) is 0 Å². The average molecular weight is 269 g/mol. The maximum atomic E-state index is 11.5. The zero-order valence-corrected chi connectivity index (χ0v) is 11.6. The first kappa shape index (κ1) is 15.0. The predicted octanol–water partition coefficient (Wildman–Crippen LogP) is 2.39. The lowest BCUT2D eigenvalue weighted by Gasteiger charge is -2.06. The van der Waals surface area contributed by atoms with Crippen molar-refractivity contribution in [2.24, 2.45) is 0 Å². The highest BCUT2D eigenvalue weighted by Crippen LogP contribution is 2.09. The Kier molecular flexibility index (Phi) is 7.46. The Morgan fingerprint density at radius 2 is 1.94 bits per heavy atom. The van der Waals surface area contributed by atoms with Crippen molar-refractivity contribution in [2.45, 2.75) is 26.2 Å². The topological polar surface area (TPSA) is 41.1 Å². The third-order valence-corrected chi connectivity index (χ3v) is 2.89. The van der Waals surface area contributed by atoms with Gasteiger partial charge < -0.3 is 10.6 Å². The summed E-state index contributed by atoms with van der Waals surface area (Å²) in [6.07, 6.45) is 3.08. The van der Waals surface area contributed by atoms with Crippen LogP contribution in [-0.2, 0) is 11.2 Å². The van der Waals surface area contributed by atoms with Gasteiger partial charge in [-0.1, -0.05) is 37.1 Å². The maximum absolute atomic E-state index is 11.5. The van der Waals surface area contributed by atoms with Crippen molar-refractivity contribution in [3.05, 3.63) is 34.9 Å². The summed E-state index contributed by atoms with van der Waals surface area (Å²) >= 11 is 5.80. The lowest BCUT2D eigenvalue weighted by Crippen LogP contribution is -2.35. The average Bonchev–Trinajstić information content (AvgIpc) is 2.37. The minimum absolute atomic E-state index is 0.0556. The summed E-state index contributed by atoms with van der Waals surface area (Å²) in [5, 5.41) is 6.74. The Hall–Kier alpha value is -1.06. The monoisotopic (exact) mass is 268 g/mol. The Morgan fingerprint density at radius 3 is 2.61 bits per heavy atom. The molecule has 3 nitrogen and oxygen atoms in total. The number of rotatable bonds is 8. The number of halogens is 1. The van der Waals surface area contributed by atoms with Gasteiger partial charge in [0.1, 0.15) is 0 Å². The Labute approximate surface area is 114 Å². The van der Waals surface area contributed by atoms with Crippen LogP contribution >= 0.6 is 11.6 Å². The number of carbonyl (C=O) groups is 1. The van der Waals surface area contributed by atoms with E-state index in [0.717, 1.165) is 30.8 Å². The van der Waals surface area contributed by atoms with Crippen molar-refractivity contribution in [1.82, 2.24) is 10.6 Å². The van der Waals surface area contributed by atoms with Crippen LogP contribution in [0.15, 0.2) is 24.3 Å². The molecule has 0 aliphatic carbocycles. The molecule has 1 rings (SSSR count). The van der Waals surface area contributed by atoms with E-state index in [4.69, 9.17) is 11.6 Å². The highest BCUT2D eigenvalue weighted by atomic mass is 35.5. The summed E-state index contributed by atoms with van der Waals surface area (Å²) in [7, 11) is 0. The summed E-state index contributed by atoms with van der Waals surface area (Å²) in [4.78, 5) is 11.5. The van der Waals surface area contributed by atoms with Crippen LogP contribution in [0.1, 0.15) is 25.3 Å². The van der Waals surface area contributed by atoms with E-state index in [0.29, 0.717) is 13.1 Å². The van der Waals surface area contributed by atoms with Crippen LogP contribution in [0.5, 0.6) is 0 Å². The van der Waals surface area contributed by atoms with Gasteiger partial charge in [0.15, 0.2) is 0 Å². The van der Waals surface area contributed by atoms with E-state index in [9.17, 15) is 4.79 Å². The first-order chi connectivity index (χ1) is 8.72. The van der Waals surface area contributed by atoms with Gasteiger partial charge in [-0.15, -0.1) is 0 Å². The van der Waals surface area contributed by atoms with Crippen LogP contribution in [0.2, 0.25) is 5.02 Å². The number of carbonyl (C=O) groups excluding carboxylic acids is 1. The summed E-state index contributed by atoms with van der Waals surface area (Å²) in [6, 6.07) is 7.69. The number of benzene rings is 1. The summed E-state index contributed by atoms with van der Waals surface area (Å²) < 4.78 is 0. The summed E-state index contributed by atoms with van der Waals surface area (Å²) in [5.41, 5.74) is 1.18. The zero-order chi connectivity index (χ0) is 13.2. The van der Waals surface area contributed by atoms with Gasteiger partial charge in [-0.25, -0.2) is 0 Å². The van der Waals surface area contributed by atoms with E-state index in [2.05, 4.69) is 17.6 Å². The molecule has 0 radical (unpaired) electrons. The van der Waals surface area contributed by atoms with E-state index in [-0.39, 0.29) is 5.91 Å². The van der Waals surface area contributed by atoms with Gasteiger partial charge in [0.05, 0.1) is 6.54 Å². The smallest absolute Gasteiger partial charge is 0.233 e. The van der Waals surface area contributed by atoms with Crippen molar-refractivity contribution < 1.29 is 4.79 Å². The molecule has 1 aromatic rings. The second-order valence-corrected chi connectivity index (χ2v) is 4.69.